The van der Waals surface area contributed by atoms with Crippen molar-refractivity contribution in [1.82, 2.24) is 15.5 Å². The van der Waals surface area contributed by atoms with Gasteiger partial charge < -0.3 is 20.9 Å². The molecule has 0 radical (unpaired) electrons. The Bertz CT molecular complexity index is 1130. The number of likely N-dealkylation sites (tertiary alicyclic amines) is 1. The second-order valence-corrected chi connectivity index (χ2v) is 10.7. The number of hydrogen-bond acceptors (Lipinski definition) is 3. The second kappa shape index (κ2) is 12.6. The topological polar surface area (TPSA) is 73.5 Å². The van der Waals surface area contributed by atoms with E-state index in [1.807, 2.05) is 12.1 Å². The van der Waals surface area contributed by atoms with E-state index in [4.69, 9.17) is 23.2 Å². The van der Waals surface area contributed by atoms with Crippen molar-refractivity contribution in [3.63, 3.8) is 0 Å². The minimum absolute atomic E-state index is 0.00210. The van der Waals surface area contributed by atoms with Crippen LogP contribution in [0.3, 0.4) is 0 Å². The Morgan fingerprint density at radius 3 is 2.47 bits per heavy atom. The van der Waals surface area contributed by atoms with Crippen LogP contribution in [-0.2, 0) is 11.0 Å². The van der Waals surface area contributed by atoms with E-state index in [0.29, 0.717) is 22.3 Å². The molecular formula is C27H31Cl2F3N4O2. The Kier molecular flexibility index (Phi) is 9.44. The minimum atomic E-state index is -4.41. The van der Waals surface area contributed by atoms with Crippen molar-refractivity contribution in [3.8, 4) is 0 Å². The molecule has 1 heterocycles. The van der Waals surface area contributed by atoms with Gasteiger partial charge in [0.25, 0.3) is 0 Å². The van der Waals surface area contributed by atoms with Crippen LogP contribution in [0.5, 0.6) is 0 Å². The van der Waals surface area contributed by atoms with Crippen molar-refractivity contribution in [2.75, 3.05) is 31.5 Å². The Morgan fingerprint density at radius 1 is 1.00 bits per heavy atom. The molecule has 206 valence electrons. The van der Waals surface area contributed by atoms with Crippen LogP contribution in [0.15, 0.2) is 42.5 Å². The number of nitrogens with one attached hydrogen (secondary N) is 3. The average Bonchev–Trinajstić information content (AvgIpc) is 3.55. The van der Waals surface area contributed by atoms with Crippen LogP contribution >= 0.6 is 23.2 Å². The third-order valence-corrected chi connectivity index (χ3v) is 7.77. The molecule has 6 nitrogen and oxygen atoms in total. The zero-order valence-corrected chi connectivity index (χ0v) is 22.3. The van der Waals surface area contributed by atoms with Gasteiger partial charge in [-0.3, -0.25) is 4.79 Å². The number of carbonyl (C=O) groups is 2. The van der Waals surface area contributed by atoms with E-state index in [-0.39, 0.29) is 23.8 Å². The summed E-state index contributed by atoms with van der Waals surface area (Å²) < 4.78 is 38.0. The highest BCUT2D eigenvalue weighted by Gasteiger charge is 2.43. The van der Waals surface area contributed by atoms with Gasteiger partial charge in [0.2, 0.25) is 5.91 Å². The molecule has 11 heteroatoms. The molecule has 0 spiro atoms. The first-order valence-corrected chi connectivity index (χ1v) is 13.6. The second-order valence-electron chi connectivity index (χ2n) is 9.93. The summed E-state index contributed by atoms with van der Waals surface area (Å²) in [5, 5.41) is 9.53. The smallest absolute Gasteiger partial charge is 0.356 e. The van der Waals surface area contributed by atoms with Gasteiger partial charge in [-0.15, -0.1) is 0 Å². The normalized spacial score (nSPS) is 21.2. The van der Waals surface area contributed by atoms with Crippen LogP contribution in [0, 0.1) is 5.92 Å². The average molecular weight is 571 g/mol. The Hall–Kier alpha value is -2.49. The van der Waals surface area contributed by atoms with E-state index in [2.05, 4.69) is 20.9 Å². The van der Waals surface area contributed by atoms with Gasteiger partial charge in [-0.1, -0.05) is 35.7 Å². The number of anilines is 1. The summed E-state index contributed by atoms with van der Waals surface area (Å²) in [4.78, 5) is 26.9. The molecule has 1 aliphatic carbocycles. The van der Waals surface area contributed by atoms with Crippen LogP contribution in [0.2, 0.25) is 10.0 Å². The zero-order chi connectivity index (χ0) is 27.3. The van der Waals surface area contributed by atoms with E-state index in [0.717, 1.165) is 69.4 Å². The molecule has 2 unspecified atom stereocenters. The highest BCUT2D eigenvalue weighted by atomic mass is 35.5. The van der Waals surface area contributed by atoms with Crippen molar-refractivity contribution in [3.05, 3.63) is 63.6 Å². The number of alkyl halides is 3. The van der Waals surface area contributed by atoms with Crippen molar-refractivity contribution in [2.24, 2.45) is 5.92 Å². The lowest BCUT2D eigenvalue weighted by Crippen LogP contribution is -2.39. The van der Waals surface area contributed by atoms with Gasteiger partial charge in [0.05, 0.1) is 15.6 Å². The number of rotatable bonds is 10. The van der Waals surface area contributed by atoms with E-state index in [1.165, 1.54) is 12.1 Å². The molecular weight excluding hydrogens is 540 g/mol. The quantitative estimate of drug-likeness (QED) is 0.293. The number of carbonyl (C=O) groups excluding carboxylic acids is 2. The van der Waals surface area contributed by atoms with E-state index < -0.39 is 17.8 Å². The lowest BCUT2D eigenvalue weighted by molar-refractivity contribution is -0.137. The van der Waals surface area contributed by atoms with Crippen LogP contribution < -0.4 is 16.0 Å². The molecule has 3 N–H and O–H groups in total. The Balaban J connectivity index is 1.05. The van der Waals surface area contributed by atoms with Crippen molar-refractivity contribution in [1.29, 1.82) is 0 Å². The number of hydrogen-bond donors (Lipinski definition) is 3. The standard InChI is InChI=1S/C27H31Cl2F3N4O2/c28-23-9-4-17(14-24(23)29)21-15-22(21)25(37)33-11-2-1-3-12-36-13-10-20(16-36)35-26(38)34-19-7-5-18(6-8-19)27(30,31)32/h4-9,14,20-22H,1-3,10-13,15-16H2,(H,33,37)(H2,34,35,38)/t20-,21?,22?/m0/s1. The molecule has 1 saturated heterocycles. The minimum Gasteiger partial charge on any atom is -0.356 e. The van der Waals surface area contributed by atoms with Crippen LogP contribution in [0.25, 0.3) is 0 Å². The summed E-state index contributed by atoms with van der Waals surface area (Å²) in [6.45, 7) is 3.17. The highest BCUT2D eigenvalue weighted by molar-refractivity contribution is 6.42. The van der Waals surface area contributed by atoms with Gasteiger partial charge >= 0.3 is 12.2 Å². The number of urea groups is 1. The zero-order valence-electron chi connectivity index (χ0n) is 20.8. The van der Waals surface area contributed by atoms with Gasteiger partial charge in [-0.25, -0.2) is 4.79 Å². The van der Waals surface area contributed by atoms with Gasteiger partial charge in [0.15, 0.2) is 0 Å². The number of nitrogens with zero attached hydrogens (tertiary/aromatic N) is 1. The molecule has 2 aliphatic rings. The molecule has 0 bridgehead atoms. The van der Waals surface area contributed by atoms with E-state index in [1.54, 1.807) is 6.07 Å². The highest BCUT2D eigenvalue weighted by Crippen LogP contribution is 2.48. The number of benzene rings is 2. The maximum absolute atomic E-state index is 12.7. The van der Waals surface area contributed by atoms with E-state index in [9.17, 15) is 22.8 Å². The summed E-state index contributed by atoms with van der Waals surface area (Å²) >= 11 is 12.0. The Labute approximate surface area is 230 Å². The summed E-state index contributed by atoms with van der Waals surface area (Å²) in [5.41, 5.74) is 0.604. The Morgan fingerprint density at radius 2 is 1.76 bits per heavy atom. The van der Waals surface area contributed by atoms with Crippen molar-refractivity contribution < 1.29 is 22.8 Å². The molecule has 2 aromatic rings. The maximum atomic E-state index is 12.7. The van der Waals surface area contributed by atoms with Gasteiger partial charge in [0, 0.05) is 37.3 Å². The van der Waals surface area contributed by atoms with Gasteiger partial charge in [-0.05, 0) is 80.1 Å². The third-order valence-electron chi connectivity index (χ3n) is 7.03. The molecule has 4 rings (SSSR count). The first-order chi connectivity index (χ1) is 18.1. The SMILES string of the molecule is O=C(Nc1ccc(C(F)(F)F)cc1)N[C@H]1CCN(CCCCCNC(=O)C2CC2c2ccc(Cl)c(Cl)c2)C1. The van der Waals surface area contributed by atoms with E-state index >= 15 is 0 Å². The third kappa shape index (κ3) is 8.01. The first-order valence-electron chi connectivity index (χ1n) is 12.8. The summed E-state index contributed by atoms with van der Waals surface area (Å²) in [5.74, 6) is 0.292. The summed E-state index contributed by atoms with van der Waals surface area (Å²) in [7, 11) is 0. The summed E-state index contributed by atoms with van der Waals surface area (Å²) in [6, 6.07) is 9.47. The van der Waals surface area contributed by atoms with Gasteiger partial charge in [-0.2, -0.15) is 13.2 Å². The van der Waals surface area contributed by atoms with Crippen LogP contribution in [0.1, 0.15) is 49.1 Å². The van der Waals surface area contributed by atoms with Crippen molar-refractivity contribution >= 4 is 40.8 Å². The molecule has 1 saturated carbocycles. The van der Waals surface area contributed by atoms with Crippen LogP contribution in [0.4, 0.5) is 23.7 Å². The maximum Gasteiger partial charge on any atom is 0.416 e. The van der Waals surface area contributed by atoms with Gasteiger partial charge in [0.1, 0.15) is 0 Å². The number of unbranched alkanes of at least 4 members (excludes halogenated alkanes) is 2. The fourth-order valence-electron chi connectivity index (χ4n) is 4.82. The summed E-state index contributed by atoms with van der Waals surface area (Å²) in [6.07, 6.45) is 0.130. The molecule has 2 aromatic carbocycles. The lowest BCUT2D eigenvalue weighted by Gasteiger charge is -2.17. The number of halogens is 5. The predicted octanol–water partition coefficient (Wildman–Crippen LogP) is 6.30. The number of amides is 3. The molecule has 0 aromatic heterocycles. The fourth-order valence-corrected chi connectivity index (χ4v) is 5.13. The monoisotopic (exact) mass is 570 g/mol. The predicted molar refractivity (Wildman–Crippen MR) is 143 cm³/mol. The molecule has 3 atom stereocenters. The molecule has 3 amide bonds. The molecule has 1 aliphatic heterocycles. The van der Waals surface area contributed by atoms with Crippen LogP contribution in [-0.4, -0.2) is 49.1 Å². The first kappa shape index (κ1) is 28.5. The lowest BCUT2D eigenvalue weighted by atomic mass is 10.1. The fraction of sp³-hybridized carbons (Fsp3) is 0.481. The van der Waals surface area contributed by atoms with Crippen molar-refractivity contribution in [2.45, 2.75) is 50.2 Å². The molecule has 2 fully saturated rings. The molecule has 38 heavy (non-hydrogen) atoms. The largest absolute Gasteiger partial charge is 0.416 e.